The molecule has 0 bridgehead atoms. The second kappa shape index (κ2) is 11.0. The van der Waals surface area contributed by atoms with Crippen LogP contribution >= 0.6 is 0 Å². The first kappa shape index (κ1) is 22.2. The van der Waals surface area contributed by atoms with Crippen LogP contribution in [0.1, 0.15) is 52.9 Å². The fourth-order valence-electron chi connectivity index (χ4n) is 2.06. The van der Waals surface area contributed by atoms with Gasteiger partial charge in [0.15, 0.2) is 11.5 Å². The molecule has 0 aromatic heterocycles. The summed E-state index contributed by atoms with van der Waals surface area (Å²) in [5.41, 5.74) is 0.496. The normalized spacial score (nSPS) is 11.5. The highest BCUT2D eigenvalue weighted by molar-refractivity contribution is 7.90. The summed E-state index contributed by atoms with van der Waals surface area (Å²) >= 11 is 0. The highest BCUT2D eigenvalue weighted by atomic mass is 32.2. The number of aromatic hydroxyl groups is 1. The Bertz CT molecular complexity index is 674. The lowest BCUT2D eigenvalue weighted by molar-refractivity contribution is -0.116. The first-order valence-electron chi connectivity index (χ1n) is 9.00. The van der Waals surface area contributed by atoms with E-state index >= 15 is 0 Å². The van der Waals surface area contributed by atoms with Gasteiger partial charge in [0.2, 0.25) is 15.9 Å². The summed E-state index contributed by atoms with van der Waals surface area (Å²) in [6.45, 7) is 6.15. The average molecular weight is 387 g/mol. The van der Waals surface area contributed by atoms with E-state index in [0.29, 0.717) is 37.4 Å². The zero-order chi connectivity index (χ0) is 19.6. The van der Waals surface area contributed by atoms with E-state index in [2.05, 4.69) is 17.0 Å². The molecule has 0 radical (unpaired) electrons. The molecule has 1 rings (SSSR count). The van der Waals surface area contributed by atoms with Crippen molar-refractivity contribution in [3.8, 4) is 11.5 Å². The molecule has 0 spiro atoms. The molecule has 1 amide bonds. The number of carbonyl (C=O) groups excluding carboxylic acids is 1. The van der Waals surface area contributed by atoms with Gasteiger partial charge >= 0.3 is 0 Å². The Kier molecular flexibility index (Phi) is 9.43. The molecule has 7 nitrogen and oxygen atoms in total. The SMILES string of the molecule is CCCCOc1ccc(NC(=O)CCCCNS(=O)(=O)C(C)C)cc1O. The van der Waals surface area contributed by atoms with E-state index in [1.165, 1.54) is 6.07 Å². The van der Waals surface area contributed by atoms with Crippen LogP contribution in [0, 0.1) is 0 Å². The number of rotatable bonds is 12. The lowest BCUT2D eigenvalue weighted by atomic mass is 10.2. The molecule has 0 aliphatic carbocycles. The Morgan fingerprint density at radius 2 is 1.96 bits per heavy atom. The van der Waals surface area contributed by atoms with Crippen molar-refractivity contribution < 1.29 is 23.1 Å². The fourth-order valence-corrected chi connectivity index (χ4v) is 2.82. The lowest BCUT2D eigenvalue weighted by Crippen LogP contribution is -2.31. The molecular formula is C18H30N2O5S. The Morgan fingerprint density at radius 1 is 1.23 bits per heavy atom. The van der Waals surface area contributed by atoms with Gasteiger partial charge in [0.25, 0.3) is 0 Å². The standard InChI is InChI=1S/C18H30N2O5S/c1-4-5-12-25-17-10-9-15(13-16(17)21)20-18(22)8-6-7-11-19-26(23,24)14(2)3/h9-10,13-14,19,21H,4-8,11-12H2,1-3H3,(H,20,22). The van der Waals surface area contributed by atoms with Gasteiger partial charge < -0.3 is 15.2 Å². The molecule has 0 atom stereocenters. The number of anilines is 1. The number of sulfonamides is 1. The van der Waals surface area contributed by atoms with Crippen LogP contribution in [0.25, 0.3) is 0 Å². The zero-order valence-corrected chi connectivity index (χ0v) is 16.6. The number of phenols is 1. The van der Waals surface area contributed by atoms with E-state index in [4.69, 9.17) is 4.74 Å². The third kappa shape index (κ3) is 8.05. The third-order valence-corrected chi connectivity index (χ3v) is 5.60. The van der Waals surface area contributed by atoms with Crippen LogP contribution in [-0.2, 0) is 14.8 Å². The number of ether oxygens (including phenoxy) is 1. The molecule has 8 heteroatoms. The molecule has 0 fully saturated rings. The summed E-state index contributed by atoms with van der Waals surface area (Å²) in [4.78, 5) is 11.9. The number of carbonyl (C=O) groups is 1. The topological polar surface area (TPSA) is 105 Å². The van der Waals surface area contributed by atoms with Crippen molar-refractivity contribution in [2.24, 2.45) is 0 Å². The second-order valence-corrected chi connectivity index (χ2v) is 8.70. The van der Waals surface area contributed by atoms with Crippen molar-refractivity contribution in [1.82, 2.24) is 4.72 Å². The van der Waals surface area contributed by atoms with Crippen LogP contribution < -0.4 is 14.8 Å². The van der Waals surface area contributed by atoms with Crippen molar-refractivity contribution in [2.75, 3.05) is 18.5 Å². The van der Waals surface area contributed by atoms with Crippen LogP contribution in [0.3, 0.4) is 0 Å². The predicted molar refractivity (Wildman–Crippen MR) is 103 cm³/mol. The Labute approximate surface area is 156 Å². The molecule has 0 unspecified atom stereocenters. The van der Waals surface area contributed by atoms with Crippen LogP contribution in [0.2, 0.25) is 0 Å². The van der Waals surface area contributed by atoms with Gasteiger partial charge in [-0.25, -0.2) is 13.1 Å². The first-order valence-corrected chi connectivity index (χ1v) is 10.5. The third-order valence-electron chi connectivity index (χ3n) is 3.75. The maximum atomic E-state index is 11.9. The van der Waals surface area contributed by atoms with Crippen LogP contribution in [0.4, 0.5) is 5.69 Å². The van der Waals surface area contributed by atoms with E-state index in [9.17, 15) is 18.3 Å². The van der Waals surface area contributed by atoms with Crippen molar-refractivity contribution in [1.29, 1.82) is 0 Å². The van der Waals surface area contributed by atoms with Gasteiger partial charge in [-0.3, -0.25) is 4.79 Å². The van der Waals surface area contributed by atoms with E-state index in [0.717, 1.165) is 12.8 Å². The quantitative estimate of drug-likeness (QED) is 0.479. The van der Waals surface area contributed by atoms with Gasteiger partial charge in [0.05, 0.1) is 11.9 Å². The van der Waals surface area contributed by atoms with Crippen molar-refractivity contribution >= 4 is 21.6 Å². The van der Waals surface area contributed by atoms with Gasteiger partial charge in [-0.1, -0.05) is 13.3 Å². The maximum absolute atomic E-state index is 11.9. The highest BCUT2D eigenvalue weighted by Gasteiger charge is 2.14. The van der Waals surface area contributed by atoms with Crippen LogP contribution in [0.15, 0.2) is 18.2 Å². The number of hydrogen-bond donors (Lipinski definition) is 3. The number of phenolic OH excluding ortho intramolecular Hbond substituents is 1. The first-order chi connectivity index (χ1) is 12.3. The molecule has 148 valence electrons. The monoisotopic (exact) mass is 386 g/mol. The smallest absolute Gasteiger partial charge is 0.224 e. The predicted octanol–water partition coefficient (Wildman–Crippen LogP) is 3.01. The molecule has 0 aliphatic heterocycles. The number of benzene rings is 1. The number of hydrogen-bond acceptors (Lipinski definition) is 5. The molecular weight excluding hydrogens is 356 g/mol. The summed E-state index contributed by atoms with van der Waals surface area (Å²) in [6, 6.07) is 4.76. The molecule has 1 aromatic carbocycles. The number of amides is 1. The van der Waals surface area contributed by atoms with E-state index in [1.807, 2.05) is 0 Å². The molecule has 0 saturated carbocycles. The molecule has 0 heterocycles. The maximum Gasteiger partial charge on any atom is 0.224 e. The van der Waals surface area contributed by atoms with E-state index in [-0.39, 0.29) is 18.1 Å². The van der Waals surface area contributed by atoms with Crippen molar-refractivity contribution in [3.63, 3.8) is 0 Å². The average Bonchev–Trinajstić information content (AvgIpc) is 2.56. The molecule has 0 saturated heterocycles. The van der Waals surface area contributed by atoms with Gasteiger partial charge in [0, 0.05) is 24.7 Å². The second-order valence-electron chi connectivity index (χ2n) is 6.38. The highest BCUT2D eigenvalue weighted by Crippen LogP contribution is 2.29. The Morgan fingerprint density at radius 3 is 2.58 bits per heavy atom. The zero-order valence-electron chi connectivity index (χ0n) is 15.7. The minimum absolute atomic E-state index is 0.0120. The van der Waals surface area contributed by atoms with Gasteiger partial charge in [0.1, 0.15) is 0 Å². The van der Waals surface area contributed by atoms with Gasteiger partial charge in [-0.05, 0) is 45.2 Å². The minimum atomic E-state index is -3.26. The van der Waals surface area contributed by atoms with E-state index < -0.39 is 15.3 Å². The molecule has 0 aliphatic rings. The minimum Gasteiger partial charge on any atom is -0.504 e. The number of unbranched alkanes of at least 4 members (excludes halogenated alkanes) is 2. The Hall–Kier alpha value is -1.80. The summed E-state index contributed by atoms with van der Waals surface area (Å²) in [5, 5.41) is 12.2. The van der Waals surface area contributed by atoms with Crippen molar-refractivity contribution in [2.45, 2.75) is 58.1 Å². The molecule has 1 aromatic rings. The largest absolute Gasteiger partial charge is 0.504 e. The van der Waals surface area contributed by atoms with Gasteiger partial charge in [-0.2, -0.15) is 0 Å². The van der Waals surface area contributed by atoms with Crippen molar-refractivity contribution in [3.05, 3.63) is 18.2 Å². The summed E-state index contributed by atoms with van der Waals surface area (Å²) in [5.74, 6) is 0.201. The molecule has 26 heavy (non-hydrogen) atoms. The lowest BCUT2D eigenvalue weighted by Gasteiger charge is -2.11. The number of nitrogens with one attached hydrogen (secondary N) is 2. The summed E-state index contributed by atoms with van der Waals surface area (Å²) < 4.78 is 31.1. The van der Waals surface area contributed by atoms with Crippen LogP contribution in [0.5, 0.6) is 11.5 Å². The summed E-state index contributed by atoms with van der Waals surface area (Å²) in [7, 11) is -3.26. The molecule has 3 N–H and O–H groups in total. The fraction of sp³-hybridized carbons (Fsp3) is 0.611. The van der Waals surface area contributed by atoms with Crippen LogP contribution in [-0.4, -0.2) is 37.8 Å². The van der Waals surface area contributed by atoms with Gasteiger partial charge in [-0.15, -0.1) is 0 Å². The Balaban J connectivity index is 2.34. The van der Waals surface area contributed by atoms with E-state index in [1.54, 1.807) is 26.0 Å². The summed E-state index contributed by atoms with van der Waals surface area (Å²) in [6.07, 6.45) is 3.34.